The molecule has 0 spiro atoms. The summed E-state index contributed by atoms with van der Waals surface area (Å²) < 4.78 is 0.961. The highest BCUT2D eigenvalue weighted by Crippen LogP contribution is 2.29. The van der Waals surface area contributed by atoms with Crippen LogP contribution >= 0.6 is 15.9 Å². The maximum Gasteiger partial charge on any atom is 0.227 e. The molecule has 1 aliphatic heterocycles. The third-order valence-electron chi connectivity index (χ3n) is 7.83. The number of rotatable bonds is 16. The Morgan fingerprint density at radius 1 is 1.05 bits per heavy atom. The van der Waals surface area contributed by atoms with Crippen molar-refractivity contribution in [2.75, 3.05) is 19.6 Å². The fourth-order valence-corrected chi connectivity index (χ4v) is 6.03. The molecule has 0 bridgehead atoms. The Morgan fingerprint density at radius 2 is 1.79 bits per heavy atom. The molecule has 1 heterocycles. The summed E-state index contributed by atoms with van der Waals surface area (Å²) in [4.78, 5) is 58.3. The van der Waals surface area contributed by atoms with Crippen LogP contribution in [0.5, 0.6) is 0 Å². The zero-order valence-corrected chi connectivity index (χ0v) is 25.9. The number of ketones is 2. The molecule has 0 radical (unpaired) electrons. The Hall–Kier alpha value is -3.31. The number of fused-ring (bicyclic) bond motifs is 1. The molecular formula is C31H43BrN6O4. The Balaban J connectivity index is 1.68. The molecule has 0 unspecified atom stereocenters. The highest BCUT2D eigenvalue weighted by atomic mass is 79.9. The highest BCUT2D eigenvalue weighted by Gasteiger charge is 2.36. The van der Waals surface area contributed by atoms with Gasteiger partial charge >= 0.3 is 0 Å². The third kappa shape index (κ3) is 9.35. The molecular weight excluding hydrogens is 600 g/mol. The van der Waals surface area contributed by atoms with E-state index in [1.807, 2.05) is 36.4 Å². The summed E-state index contributed by atoms with van der Waals surface area (Å²) in [6.07, 6.45) is 4.28. The van der Waals surface area contributed by atoms with E-state index in [1.165, 1.54) is 6.92 Å². The lowest BCUT2D eigenvalue weighted by atomic mass is 9.91. The first-order valence-electron chi connectivity index (χ1n) is 14.7. The van der Waals surface area contributed by atoms with Gasteiger partial charge in [0.05, 0.1) is 18.5 Å². The van der Waals surface area contributed by atoms with Crippen LogP contribution in [0.4, 0.5) is 0 Å². The smallest absolute Gasteiger partial charge is 0.227 e. The van der Waals surface area contributed by atoms with Gasteiger partial charge in [0.15, 0.2) is 17.5 Å². The van der Waals surface area contributed by atoms with Gasteiger partial charge in [-0.2, -0.15) is 0 Å². The van der Waals surface area contributed by atoms with Crippen LogP contribution in [0.2, 0.25) is 0 Å². The van der Waals surface area contributed by atoms with Gasteiger partial charge in [0.1, 0.15) is 0 Å². The number of hydrogen-bond donors (Lipinski definition) is 4. The standard InChI is InChI=1S/C31H43BrN6O4/c1-20(39)26(11-6-16-36-31(34)35)37-30(42)22(8-4-5-15-33)18-28(40)27-12-7-17-38(27)29(41)19-21-13-14-25(32)24-10-3-2-9-23(21)24/h2-3,9-10,13-14,22,26-27H,4-8,11-12,15-19,33H2,1H3,(H,37,42)(H4,34,35,36)/t22-,26+,27+/m1/s1. The van der Waals surface area contributed by atoms with E-state index in [1.54, 1.807) is 4.90 Å². The number of nitrogens with two attached hydrogens (primary N) is 3. The second kappa shape index (κ2) is 16.4. The number of amides is 2. The molecule has 3 rings (SSSR count). The van der Waals surface area contributed by atoms with Crippen molar-refractivity contribution in [2.24, 2.45) is 28.1 Å². The second-order valence-electron chi connectivity index (χ2n) is 10.9. The van der Waals surface area contributed by atoms with Crippen molar-refractivity contribution in [3.8, 4) is 0 Å². The molecule has 0 aliphatic carbocycles. The number of aliphatic imine (C=N–C) groups is 1. The summed E-state index contributed by atoms with van der Waals surface area (Å²) in [6.45, 7) is 2.77. The number of hydrogen-bond acceptors (Lipinski definition) is 6. The topological polar surface area (TPSA) is 174 Å². The molecule has 0 aromatic heterocycles. The average molecular weight is 644 g/mol. The predicted molar refractivity (Wildman–Crippen MR) is 169 cm³/mol. The summed E-state index contributed by atoms with van der Waals surface area (Å²) in [5.41, 5.74) is 17.3. The molecule has 1 aliphatic rings. The molecule has 11 heteroatoms. The maximum atomic E-state index is 13.6. The van der Waals surface area contributed by atoms with Crippen molar-refractivity contribution in [3.63, 3.8) is 0 Å². The van der Waals surface area contributed by atoms with Crippen LogP contribution in [0.15, 0.2) is 45.9 Å². The van der Waals surface area contributed by atoms with Gasteiger partial charge in [-0.05, 0) is 74.4 Å². The molecule has 10 nitrogen and oxygen atoms in total. The van der Waals surface area contributed by atoms with Gasteiger partial charge in [0, 0.05) is 29.9 Å². The number of nitrogens with one attached hydrogen (secondary N) is 1. The molecule has 228 valence electrons. The van der Waals surface area contributed by atoms with Gasteiger partial charge in [-0.1, -0.05) is 52.7 Å². The quantitative estimate of drug-likeness (QED) is 0.124. The van der Waals surface area contributed by atoms with Gasteiger partial charge in [-0.3, -0.25) is 24.2 Å². The lowest BCUT2D eigenvalue weighted by molar-refractivity contribution is -0.138. The van der Waals surface area contributed by atoms with E-state index >= 15 is 0 Å². The van der Waals surface area contributed by atoms with Gasteiger partial charge in [-0.25, -0.2) is 0 Å². The number of carbonyl (C=O) groups is 4. The Morgan fingerprint density at radius 3 is 2.48 bits per heavy atom. The van der Waals surface area contributed by atoms with Crippen LogP contribution < -0.4 is 22.5 Å². The minimum atomic E-state index is -0.691. The normalized spacial score (nSPS) is 16.2. The number of unbranched alkanes of at least 4 members (excludes halogenated alkanes) is 1. The molecule has 2 aromatic carbocycles. The monoisotopic (exact) mass is 642 g/mol. The molecule has 7 N–H and O–H groups in total. The molecule has 3 atom stereocenters. The largest absolute Gasteiger partial charge is 0.370 e. The summed E-state index contributed by atoms with van der Waals surface area (Å²) in [5.74, 6) is -1.37. The number of halogens is 1. The van der Waals surface area contributed by atoms with Crippen molar-refractivity contribution in [2.45, 2.75) is 76.8 Å². The van der Waals surface area contributed by atoms with Crippen molar-refractivity contribution in [1.29, 1.82) is 0 Å². The number of benzene rings is 2. The molecule has 42 heavy (non-hydrogen) atoms. The first-order chi connectivity index (χ1) is 20.1. The molecule has 1 fully saturated rings. The van der Waals surface area contributed by atoms with E-state index in [0.29, 0.717) is 51.7 Å². The molecule has 1 saturated heterocycles. The summed E-state index contributed by atoms with van der Waals surface area (Å²) in [5, 5.41) is 4.88. The Kier molecular flexibility index (Phi) is 12.9. The zero-order chi connectivity index (χ0) is 30.6. The van der Waals surface area contributed by atoms with E-state index in [2.05, 4.69) is 26.2 Å². The lowest BCUT2D eigenvalue weighted by Gasteiger charge is -2.26. The SMILES string of the molecule is CC(=O)[C@H](CCCN=C(N)N)NC(=O)[C@H](CCCCN)CC(=O)[C@@H]1CCCN1C(=O)Cc1ccc(Br)c2ccccc12. The number of nitrogens with zero attached hydrogens (tertiary/aromatic N) is 2. The molecule has 2 aromatic rings. The fourth-order valence-electron chi connectivity index (χ4n) is 5.55. The van der Waals surface area contributed by atoms with Crippen LogP contribution in [0, 0.1) is 5.92 Å². The van der Waals surface area contributed by atoms with Gasteiger partial charge in [0.25, 0.3) is 0 Å². The highest BCUT2D eigenvalue weighted by molar-refractivity contribution is 9.10. The minimum Gasteiger partial charge on any atom is -0.370 e. The Labute approximate surface area is 256 Å². The zero-order valence-electron chi connectivity index (χ0n) is 24.3. The first-order valence-corrected chi connectivity index (χ1v) is 15.5. The van der Waals surface area contributed by atoms with Crippen LogP contribution in [-0.4, -0.2) is 66.0 Å². The summed E-state index contributed by atoms with van der Waals surface area (Å²) in [7, 11) is 0. The number of likely N-dealkylation sites (tertiary alicyclic amines) is 1. The number of carbonyl (C=O) groups excluding carboxylic acids is 4. The van der Waals surface area contributed by atoms with Crippen molar-refractivity contribution >= 4 is 56.0 Å². The van der Waals surface area contributed by atoms with Gasteiger partial charge < -0.3 is 27.4 Å². The van der Waals surface area contributed by atoms with Crippen LogP contribution in [0.3, 0.4) is 0 Å². The first kappa shape index (κ1) is 33.2. The van der Waals surface area contributed by atoms with Crippen LogP contribution in [0.25, 0.3) is 10.8 Å². The maximum absolute atomic E-state index is 13.6. The van der Waals surface area contributed by atoms with Gasteiger partial charge in [0.2, 0.25) is 11.8 Å². The fraction of sp³-hybridized carbons (Fsp3) is 0.516. The molecule has 0 saturated carbocycles. The van der Waals surface area contributed by atoms with Crippen LogP contribution in [0.1, 0.15) is 63.9 Å². The summed E-state index contributed by atoms with van der Waals surface area (Å²) >= 11 is 3.58. The number of guanidine groups is 1. The molecule has 2 amide bonds. The van der Waals surface area contributed by atoms with Crippen LogP contribution in [-0.2, 0) is 25.6 Å². The van der Waals surface area contributed by atoms with E-state index in [0.717, 1.165) is 33.7 Å². The van der Waals surface area contributed by atoms with E-state index in [4.69, 9.17) is 17.2 Å². The third-order valence-corrected chi connectivity index (χ3v) is 8.52. The number of Topliss-reactive ketones (excluding diaryl/α,β-unsaturated/α-hetero) is 2. The average Bonchev–Trinajstić information content (AvgIpc) is 3.46. The van der Waals surface area contributed by atoms with Crippen molar-refractivity contribution in [3.05, 3.63) is 46.4 Å². The van der Waals surface area contributed by atoms with E-state index in [-0.39, 0.29) is 42.2 Å². The predicted octanol–water partition coefficient (Wildman–Crippen LogP) is 2.97. The summed E-state index contributed by atoms with van der Waals surface area (Å²) in [6, 6.07) is 10.5. The van der Waals surface area contributed by atoms with E-state index < -0.39 is 18.0 Å². The van der Waals surface area contributed by atoms with Crippen molar-refractivity contribution < 1.29 is 19.2 Å². The van der Waals surface area contributed by atoms with Crippen molar-refractivity contribution in [1.82, 2.24) is 10.2 Å². The second-order valence-corrected chi connectivity index (χ2v) is 11.8. The minimum absolute atomic E-state index is 0.00465. The Bertz CT molecular complexity index is 1300. The lowest BCUT2D eigenvalue weighted by Crippen LogP contribution is -2.45. The van der Waals surface area contributed by atoms with Gasteiger partial charge in [-0.15, -0.1) is 0 Å². The van der Waals surface area contributed by atoms with E-state index in [9.17, 15) is 19.2 Å².